The maximum Gasteiger partial charge on any atom is 0.419 e. The Kier molecular flexibility index (Phi) is 11.1. The van der Waals surface area contributed by atoms with E-state index in [1.165, 1.54) is 11.1 Å². The van der Waals surface area contributed by atoms with Crippen molar-refractivity contribution in [1.82, 2.24) is 21.2 Å². The predicted octanol–water partition coefficient (Wildman–Crippen LogP) is 4.73. The molecule has 0 radical (unpaired) electrons. The van der Waals surface area contributed by atoms with Crippen LogP contribution in [0.15, 0.2) is 95.4 Å². The summed E-state index contributed by atoms with van der Waals surface area (Å²) in [6.45, 7) is 5.18. The van der Waals surface area contributed by atoms with Crippen LogP contribution in [0.1, 0.15) is 50.7 Å². The summed E-state index contributed by atoms with van der Waals surface area (Å²) in [5.41, 5.74) is 11.6. The third kappa shape index (κ3) is 7.69. The Morgan fingerprint density at radius 2 is 1.27 bits per heavy atom. The van der Waals surface area contributed by atoms with Crippen LogP contribution in [0.4, 0.5) is 0 Å². The van der Waals surface area contributed by atoms with E-state index in [0.29, 0.717) is 47.2 Å². The number of hydrazine groups is 2. The van der Waals surface area contributed by atoms with Crippen LogP contribution in [-0.4, -0.2) is 58.6 Å². The first kappa shape index (κ1) is 31.3. The van der Waals surface area contributed by atoms with E-state index in [2.05, 4.69) is 35.4 Å². The number of benzene rings is 2. The molecule has 2 aromatic rings. The molecular weight excluding hydrogens is 564 g/mol. The first-order chi connectivity index (χ1) is 21.6. The van der Waals surface area contributed by atoms with Crippen molar-refractivity contribution in [3.63, 3.8) is 0 Å². The highest BCUT2D eigenvalue weighted by Crippen LogP contribution is 2.35. The lowest BCUT2D eigenvalue weighted by molar-refractivity contribution is -0.842. The van der Waals surface area contributed by atoms with Crippen LogP contribution in [0, 0.1) is 9.81 Å². The number of rotatable bonds is 14. The van der Waals surface area contributed by atoms with Crippen LogP contribution in [0.3, 0.4) is 0 Å². The van der Waals surface area contributed by atoms with Gasteiger partial charge >= 0.3 is 12.5 Å². The van der Waals surface area contributed by atoms with Gasteiger partial charge < -0.3 is 0 Å². The second kappa shape index (κ2) is 15.6. The molecule has 2 aliphatic heterocycles. The van der Waals surface area contributed by atoms with Gasteiger partial charge in [-0.1, -0.05) is 72.8 Å². The zero-order chi connectivity index (χ0) is 30.7. The third-order valence-corrected chi connectivity index (χ3v) is 7.65. The molecule has 5 rings (SSSR count). The van der Waals surface area contributed by atoms with E-state index in [1.54, 1.807) is 13.8 Å². The minimum absolute atomic E-state index is 0.213. The Morgan fingerprint density at radius 1 is 0.773 bits per heavy atom. The minimum Gasteiger partial charge on any atom is -0.280 e. The Hall–Kier alpha value is -4.10. The topological polar surface area (TPSA) is 108 Å². The van der Waals surface area contributed by atoms with Gasteiger partial charge in [0.2, 0.25) is 0 Å². The van der Waals surface area contributed by atoms with Gasteiger partial charge in [0, 0.05) is 13.1 Å². The summed E-state index contributed by atoms with van der Waals surface area (Å²) in [6, 6.07) is 20.6. The highest BCUT2D eigenvalue weighted by Gasteiger charge is 2.48. The predicted molar refractivity (Wildman–Crippen MR) is 162 cm³/mol. The maximum absolute atomic E-state index is 12.9. The molecule has 0 amide bonds. The molecule has 2 atom stereocenters. The van der Waals surface area contributed by atoms with Gasteiger partial charge in [-0.05, 0) is 74.6 Å². The lowest BCUT2D eigenvalue weighted by Gasteiger charge is -2.24. The summed E-state index contributed by atoms with van der Waals surface area (Å²) in [5, 5.41) is 3.77. The smallest absolute Gasteiger partial charge is 0.280 e. The average Bonchev–Trinajstić information content (AvgIpc) is 3.67. The van der Waals surface area contributed by atoms with Crippen molar-refractivity contribution in [2.45, 2.75) is 64.8 Å². The van der Waals surface area contributed by atoms with Gasteiger partial charge in [0.1, 0.15) is 11.4 Å². The molecule has 44 heavy (non-hydrogen) atoms. The summed E-state index contributed by atoms with van der Waals surface area (Å²) in [7, 11) is 0. The van der Waals surface area contributed by atoms with E-state index in [1.807, 2.05) is 58.6 Å². The Labute approximate surface area is 257 Å². The Balaban J connectivity index is 1.40. The van der Waals surface area contributed by atoms with Crippen molar-refractivity contribution in [1.29, 1.82) is 0 Å². The van der Waals surface area contributed by atoms with Gasteiger partial charge in [-0.25, -0.2) is 19.4 Å². The van der Waals surface area contributed by atoms with Crippen molar-refractivity contribution >= 4 is 0 Å². The maximum atomic E-state index is 12.9. The van der Waals surface area contributed by atoms with Crippen molar-refractivity contribution in [3.05, 3.63) is 116 Å². The van der Waals surface area contributed by atoms with Crippen molar-refractivity contribution in [3.8, 4) is 0 Å². The third-order valence-electron chi connectivity index (χ3n) is 7.65. The van der Waals surface area contributed by atoms with Crippen molar-refractivity contribution in [2.24, 2.45) is 0 Å². The standard InChI is InChI=1S/C32H42N6O6/c1-3-41-37(39)31-29(35(33-43-31)22-12-18-25-14-7-5-8-15-25)27-20-11-21-28(24-27)30-32(38(40)42-4-2)44-34-36(30)23-13-19-26-16-9-6-10-17-26/h5-11,14-17,20,31-34H,3-4,12-13,18-19,21-24H2,1-2H3/q+2/b29-27-,30-28+. The summed E-state index contributed by atoms with van der Waals surface area (Å²) < 4.78 is 0. The second-order valence-corrected chi connectivity index (χ2v) is 10.7. The zero-order valence-electron chi connectivity index (χ0n) is 25.4. The fourth-order valence-electron chi connectivity index (χ4n) is 5.66. The first-order valence-corrected chi connectivity index (χ1v) is 15.3. The van der Waals surface area contributed by atoms with Crippen LogP contribution in [0.25, 0.3) is 0 Å². The normalized spacial score (nSPS) is 23.3. The molecule has 0 spiro atoms. The number of allylic oxidation sites excluding steroid dienone is 4. The van der Waals surface area contributed by atoms with E-state index >= 15 is 0 Å². The summed E-state index contributed by atoms with van der Waals surface area (Å²) in [6.07, 6.45) is 6.62. The first-order valence-electron chi connectivity index (χ1n) is 15.3. The highest BCUT2D eigenvalue weighted by molar-refractivity contribution is 5.38. The van der Waals surface area contributed by atoms with Crippen molar-refractivity contribution < 1.29 is 29.2 Å². The monoisotopic (exact) mass is 606 g/mol. The molecule has 0 saturated carbocycles. The van der Waals surface area contributed by atoms with E-state index in [4.69, 9.17) is 19.4 Å². The molecule has 0 aromatic heterocycles. The summed E-state index contributed by atoms with van der Waals surface area (Å²) >= 11 is 0. The van der Waals surface area contributed by atoms with E-state index in [0.717, 1.165) is 36.8 Å². The molecular formula is C32H42N6O6+2. The van der Waals surface area contributed by atoms with E-state index in [-0.39, 0.29) is 13.2 Å². The van der Waals surface area contributed by atoms with Gasteiger partial charge in [0.25, 0.3) is 9.85 Å². The number of nitrogens with zero attached hydrogens (tertiary/aromatic N) is 4. The van der Waals surface area contributed by atoms with Crippen LogP contribution in [-0.2, 0) is 32.2 Å². The highest BCUT2D eigenvalue weighted by atomic mass is 16.8. The number of hydrogen-bond donors (Lipinski definition) is 2. The van der Waals surface area contributed by atoms with Gasteiger partial charge in [0.05, 0.1) is 9.81 Å². The van der Waals surface area contributed by atoms with Crippen LogP contribution in [0.2, 0.25) is 0 Å². The summed E-state index contributed by atoms with van der Waals surface area (Å²) in [4.78, 5) is 48.9. The summed E-state index contributed by atoms with van der Waals surface area (Å²) in [5.74, 6) is 0. The fraction of sp³-hybridized carbons (Fsp3) is 0.438. The molecule has 2 N–H and O–H groups in total. The Bertz CT molecular complexity index is 1370. The van der Waals surface area contributed by atoms with Crippen LogP contribution in [0.5, 0.6) is 0 Å². The molecule has 12 nitrogen and oxygen atoms in total. The molecule has 2 unspecified atom stereocenters. The number of hydrogen-bond acceptors (Lipinski definition) is 10. The molecule has 2 fully saturated rings. The lowest BCUT2D eigenvalue weighted by atomic mass is 9.92. The molecule has 0 bridgehead atoms. The second-order valence-electron chi connectivity index (χ2n) is 10.7. The fourth-order valence-corrected chi connectivity index (χ4v) is 5.66. The molecule has 1 aliphatic carbocycles. The minimum atomic E-state index is -0.995. The van der Waals surface area contributed by atoms with Gasteiger partial charge in [0.15, 0.2) is 13.2 Å². The van der Waals surface area contributed by atoms with E-state index < -0.39 is 12.5 Å². The molecule has 2 heterocycles. The van der Waals surface area contributed by atoms with Gasteiger partial charge in [-0.2, -0.15) is 0 Å². The van der Waals surface area contributed by atoms with Crippen LogP contribution < -0.4 is 11.2 Å². The van der Waals surface area contributed by atoms with Gasteiger partial charge in [-0.3, -0.25) is 10.0 Å². The molecule has 2 saturated heterocycles. The van der Waals surface area contributed by atoms with Gasteiger partial charge in [-0.15, -0.1) is 11.2 Å². The number of aryl methyl sites for hydroxylation is 2. The SMILES string of the molecule is CCO[N+](=O)C1ONN(CCCc2ccccc2)/C1=C1/C=CC/C(=C2/C([N+](=O)OCC)ONN2CCCc2ccccc2)C1. The molecule has 2 aromatic carbocycles. The molecule has 234 valence electrons. The van der Waals surface area contributed by atoms with Crippen LogP contribution >= 0.6 is 0 Å². The lowest BCUT2D eigenvalue weighted by Crippen LogP contribution is -2.33. The number of nitrogens with one attached hydrogen (secondary N) is 2. The quantitative estimate of drug-likeness (QED) is 0.293. The van der Waals surface area contributed by atoms with Crippen molar-refractivity contribution in [2.75, 3.05) is 26.3 Å². The molecule has 12 heteroatoms. The van der Waals surface area contributed by atoms with E-state index in [9.17, 15) is 9.81 Å². The average molecular weight is 607 g/mol. The molecule has 3 aliphatic rings. The zero-order valence-corrected chi connectivity index (χ0v) is 25.4. The Morgan fingerprint density at radius 3 is 1.80 bits per heavy atom. The largest absolute Gasteiger partial charge is 0.419 e.